The van der Waals surface area contributed by atoms with Crippen LogP contribution in [-0.4, -0.2) is 27.6 Å². The molecule has 0 radical (unpaired) electrons. The molecule has 2 heterocycles. The lowest BCUT2D eigenvalue weighted by molar-refractivity contribution is 0.459. The van der Waals surface area contributed by atoms with Crippen molar-refractivity contribution in [3.05, 3.63) is 73.3 Å². The van der Waals surface area contributed by atoms with Crippen molar-refractivity contribution in [2.24, 2.45) is 0 Å². The maximum Gasteiger partial charge on any atom is 0.576 e. The van der Waals surface area contributed by atoms with Crippen LogP contribution in [0.5, 0.6) is 11.5 Å². The molecule has 0 amide bonds. The highest BCUT2D eigenvalue weighted by Crippen LogP contribution is 2.20. The van der Waals surface area contributed by atoms with Gasteiger partial charge in [-0.05, 0) is 48.5 Å². The van der Waals surface area contributed by atoms with E-state index in [1.807, 2.05) is 48.5 Å². The van der Waals surface area contributed by atoms with Gasteiger partial charge in [0.05, 0.1) is 0 Å². The average molecular weight is 330 g/mol. The van der Waals surface area contributed by atoms with Crippen LogP contribution in [0.25, 0.3) is 22.8 Å². The molecule has 2 aromatic carbocycles. The van der Waals surface area contributed by atoms with E-state index < -0.39 is 0 Å². The van der Waals surface area contributed by atoms with E-state index in [9.17, 15) is 0 Å². The summed E-state index contributed by atoms with van der Waals surface area (Å²) < 4.78 is 11.2. The summed E-state index contributed by atoms with van der Waals surface area (Å²) in [6.07, 6.45) is 7.05. The van der Waals surface area contributed by atoms with Crippen LogP contribution in [0.4, 0.5) is 0 Å². The minimum absolute atomic E-state index is 0.139. The Labute approximate surface area is 145 Å². The summed E-state index contributed by atoms with van der Waals surface area (Å²) in [6, 6.07) is 15.4. The smallest absolute Gasteiger partial charge is 0.529 e. The largest absolute Gasteiger partial charge is 0.576 e. The van der Waals surface area contributed by atoms with Crippen molar-refractivity contribution in [2.75, 3.05) is 0 Å². The monoisotopic (exact) mass is 330 g/mol. The van der Waals surface area contributed by atoms with Crippen molar-refractivity contribution in [3.63, 3.8) is 0 Å². The maximum atomic E-state index is 5.61. The van der Waals surface area contributed by atoms with Crippen molar-refractivity contribution in [1.29, 1.82) is 0 Å². The third kappa shape index (κ3) is 3.55. The second kappa shape index (κ2) is 6.96. The molecule has 0 unspecified atom stereocenters. The maximum absolute atomic E-state index is 5.61. The van der Waals surface area contributed by atoms with Crippen molar-refractivity contribution in [3.8, 4) is 34.3 Å². The number of aromatic nitrogens is 4. The predicted octanol–water partition coefficient (Wildman–Crippen LogP) is 3.19. The highest BCUT2D eigenvalue weighted by Gasteiger charge is 2.04. The highest BCUT2D eigenvalue weighted by atomic mass is 16.6. The first-order valence-electron chi connectivity index (χ1n) is 7.84. The van der Waals surface area contributed by atoms with Crippen molar-refractivity contribution in [2.45, 2.75) is 0 Å². The van der Waals surface area contributed by atoms with Gasteiger partial charge in [-0.15, -0.1) is 0 Å². The van der Waals surface area contributed by atoms with E-state index in [0.29, 0.717) is 0 Å². The van der Waals surface area contributed by atoms with Crippen molar-refractivity contribution >= 4 is 7.69 Å². The van der Waals surface area contributed by atoms with Gasteiger partial charge in [-0.2, -0.15) is 0 Å². The number of H-pyrrole nitrogens is 2. The zero-order valence-electron chi connectivity index (χ0n) is 13.3. The van der Waals surface area contributed by atoms with Gasteiger partial charge in [0.1, 0.15) is 23.1 Å². The molecule has 0 aliphatic rings. The minimum Gasteiger partial charge on any atom is -0.529 e. The van der Waals surface area contributed by atoms with Gasteiger partial charge in [-0.1, -0.05) is 0 Å². The van der Waals surface area contributed by atoms with E-state index in [0.717, 1.165) is 34.3 Å². The molecule has 7 heteroatoms. The molecule has 0 spiro atoms. The predicted molar refractivity (Wildman–Crippen MR) is 96.5 cm³/mol. The summed E-state index contributed by atoms with van der Waals surface area (Å²) in [4.78, 5) is 14.6. The first-order valence-corrected chi connectivity index (χ1v) is 7.84. The van der Waals surface area contributed by atoms with Crippen LogP contribution in [0, 0.1) is 0 Å². The van der Waals surface area contributed by atoms with Crippen LogP contribution in [0.2, 0.25) is 0 Å². The number of benzene rings is 2. The Morgan fingerprint density at radius 3 is 1.44 bits per heavy atom. The summed E-state index contributed by atoms with van der Waals surface area (Å²) in [7, 11) is 0.139. The Hall–Kier alpha value is -3.48. The van der Waals surface area contributed by atoms with Gasteiger partial charge in [0, 0.05) is 35.9 Å². The number of hydrogen-bond donors (Lipinski definition) is 2. The molecule has 122 valence electrons. The Balaban J connectivity index is 1.31. The summed E-state index contributed by atoms with van der Waals surface area (Å²) in [5.74, 6) is 3.14. The molecule has 0 saturated carbocycles. The van der Waals surface area contributed by atoms with Gasteiger partial charge in [-0.3, -0.25) is 0 Å². The van der Waals surface area contributed by atoms with Crippen LogP contribution >= 0.6 is 0 Å². The Morgan fingerprint density at radius 1 is 0.640 bits per heavy atom. The lowest BCUT2D eigenvalue weighted by Gasteiger charge is -2.08. The topological polar surface area (TPSA) is 75.8 Å². The number of nitrogens with zero attached hydrogens (tertiary/aromatic N) is 2. The first kappa shape index (κ1) is 15.1. The van der Waals surface area contributed by atoms with Gasteiger partial charge < -0.3 is 19.3 Å². The molecule has 0 aliphatic heterocycles. The first-order chi connectivity index (χ1) is 12.4. The zero-order valence-corrected chi connectivity index (χ0v) is 13.3. The molecule has 0 saturated heterocycles. The van der Waals surface area contributed by atoms with Gasteiger partial charge in [-0.25, -0.2) is 9.97 Å². The molecule has 4 aromatic rings. The summed E-state index contributed by atoms with van der Waals surface area (Å²) in [5, 5.41) is 0. The van der Waals surface area contributed by atoms with Crippen LogP contribution in [0.1, 0.15) is 0 Å². The quantitative estimate of drug-likeness (QED) is 0.532. The van der Waals surface area contributed by atoms with Gasteiger partial charge >= 0.3 is 7.69 Å². The van der Waals surface area contributed by atoms with E-state index in [-0.39, 0.29) is 7.69 Å². The molecule has 25 heavy (non-hydrogen) atoms. The third-order valence-corrected chi connectivity index (χ3v) is 3.70. The second-order valence-electron chi connectivity index (χ2n) is 5.33. The van der Waals surface area contributed by atoms with Crippen LogP contribution in [-0.2, 0) is 0 Å². The highest BCUT2D eigenvalue weighted by molar-refractivity contribution is 6.20. The van der Waals surface area contributed by atoms with Crippen LogP contribution in [0.3, 0.4) is 0 Å². The summed E-state index contributed by atoms with van der Waals surface area (Å²) in [5.41, 5.74) is 2.01. The van der Waals surface area contributed by atoms with E-state index in [2.05, 4.69) is 19.9 Å². The number of hydrogen-bond acceptors (Lipinski definition) is 4. The van der Waals surface area contributed by atoms with E-state index in [1.165, 1.54) is 0 Å². The van der Waals surface area contributed by atoms with Crippen molar-refractivity contribution in [1.82, 2.24) is 19.9 Å². The van der Waals surface area contributed by atoms with Crippen LogP contribution in [0.15, 0.2) is 73.3 Å². The number of aromatic amines is 2. The molecule has 0 bridgehead atoms. The molecule has 4 rings (SSSR count). The van der Waals surface area contributed by atoms with Gasteiger partial charge in [0.15, 0.2) is 0 Å². The SMILES string of the molecule is B(Oc1ccc(-c2ncc[nH]2)cc1)Oc1ccc(-c2ncc[nH]2)cc1. The third-order valence-electron chi connectivity index (χ3n) is 3.70. The Bertz CT molecular complexity index is 827. The van der Waals surface area contributed by atoms with E-state index in [4.69, 9.17) is 9.31 Å². The van der Waals surface area contributed by atoms with Crippen molar-refractivity contribution < 1.29 is 9.31 Å². The van der Waals surface area contributed by atoms with Crippen LogP contribution < -0.4 is 9.31 Å². The number of rotatable bonds is 6. The fourth-order valence-electron chi connectivity index (χ4n) is 2.43. The molecule has 0 atom stereocenters. The molecule has 6 nitrogen and oxygen atoms in total. The minimum atomic E-state index is 0.139. The molecule has 0 aliphatic carbocycles. The summed E-state index contributed by atoms with van der Waals surface area (Å²) in [6.45, 7) is 0. The van der Waals surface area contributed by atoms with E-state index >= 15 is 0 Å². The molecule has 2 aromatic heterocycles. The van der Waals surface area contributed by atoms with E-state index in [1.54, 1.807) is 24.8 Å². The Kier molecular flexibility index (Phi) is 4.20. The lowest BCUT2D eigenvalue weighted by atomic mass is 10.2. The molecule has 2 N–H and O–H groups in total. The van der Waals surface area contributed by atoms with Gasteiger partial charge in [0.25, 0.3) is 0 Å². The normalized spacial score (nSPS) is 10.4. The lowest BCUT2D eigenvalue weighted by Crippen LogP contribution is -2.10. The fraction of sp³-hybridized carbons (Fsp3) is 0. The zero-order chi connectivity index (χ0) is 16.9. The average Bonchev–Trinajstić information content (AvgIpc) is 3.37. The molecular formula is C18H15BN4O2. The fourth-order valence-corrected chi connectivity index (χ4v) is 2.43. The van der Waals surface area contributed by atoms with Gasteiger partial charge in [0.2, 0.25) is 0 Å². The number of imidazole rings is 2. The summed E-state index contributed by atoms with van der Waals surface area (Å²) >= 11 is 0. The second-order valence-corrected chi connectivity index (χ2v) is 5.33. The molecular weight excluding hydrogens is 315 g/mol. The Morgan fingerprint density at radius 2 is 1.08 bits per heavy atom. The number of nitrogens with one attached hydrogen (secondary N) is 2. The standard InChI is InChI=1S/C18H15BN4O2/c1-5-15(6-2-13(1)17-20-9-10-21-17)24-19-25-16-7-3-14(4-8-16)18-22-11-12-23-18/h1-12,19H,(H,20,21)(H,22,23). The molecule has 0 fully saturated rings.